The second kappa shape index (κ2) is 7.49. The standard InChI is InChI=1S/C13H13ClO6/c1-2-19-13(18)9-5-3-8(4-6-9)11(12(16)17)20-10(15)7-14/h3-6,11H,2,7H2,1H3,(H,16,17). The van der Waals surface area contributed by atoms with Gasteiger partial charge in [-0.05, 0) is 19.1 Å². The summed E-state index contributed by atoms with van der Waals surface area (Å²) in [4.78, 5) is 33.6. The van der Waals surface area contributed by atoms with E-state index in [-0.39, 0.29) is 17.7 Å². The molecule has 0 aromatic heterocycles. The number of alkyl halides is 1. The Kier molecular flexibility index (Phi) is 5.99. The minimum absolute atomic E-state index is 0.226. The molecular weight excluding hydrogens is 288 g/mol. The highest BCUT2D eigenvalue weighted by molar-refractivity contribution is 6.26. The summed E-state index contributed by atoms with van der Waals surface area (Å²) in [5.41, 5.74) is 0.507. The lowest BCUT2D eigenvalue weighted by molar-refractivity contribution is -0.162. The molecule has 1 atom stereocenters. The van der Waals surface area contributed by atoms with Crippen molar-refractivity contribution < 1.29 is 29.0 Å². The first kappa shape index (κ1) is 16.0. The largest absolute Gasteiger partial charge is 0.478 e. The van der Waals surface area contributed by atoms with Crippen LogP contribution in [-0.2, 0) is 19.1 Å². The van der Waals surface area contributed by atoms with Crippen molar-refractivity contribution in [2.24, 2.45) is 0 Å². The summed E-state index contributed by atoms with van der Waals surface area (Å²) in [5, 5.41) is 9.02. The van der Waals surface area contributed by atoms with E-state index in [1.165, 1.54) is 24.3 Å². The van der Waals surface area contributed by atoms with Crippen LogP contribution in [0.1, 0.15) is 28.9 Å². The lowest BCUT2D eigenvalue weighted by Gasteiger charge is -2.13. The van der Waals surface area contributed by atoms with Gasteiger partial charge in [0.05, 0.1) is 12.2 Å². The predicted molar refractivity (Wildman–Crippen MR) is 69.6 cm³/mol. The normalized spacial score (nSPS) is 11.5. The Hall–Kier alpha value is -2.08. The molecule has 1 unspecified atom stereocenters. The number of aliphatic carboxylic acids is 1. The van der Waals surface area contributed by atoms with E-state index < -0.39 is 29.9 Å². The second-order valence-corrected chi connectivity index (χ2v) is 3.95. The molecule has 0 spiro atoms. The third-order valence-electron chi connectivity index (χ3n) is 2.31. The van der Waals surface area contributed by atoms with Crippen LogP contribution in [0.5, 0.6) is 0 Å². The molecule has 108 valence electrons. The average Bonchev–Trinajstić information content (AvgIpc) is 2.44. The molecule has 0 aliphatic carbocycles. The van der Waals surface area contributed by atoms with E-state index in [0.29, 0.717) is 0 Å². The highest BCUT2D eigenvalue weighted by Gasteiger charge is 2.24. The SMILES string of the molecule is CCOC(=O)c1ccc(C(OC(=O)CCl)C(=O)O)cc1. The van der Waals surface area contributed by atoms with Gasteiger partial charge in [0.15, 0.2) is 0 Å². The summed E-state index contributed by atoms with van der Waals surface area (Å²) < 4.78 is 9.51. The first-order valence-corrected chi connectivity index (χ1v) is 6.28. The zero-order valence-corrected chi connectivity index (χ0v) is 11.4. The van der Waals surface area contributed by atoms with Crippen molar-refractivity contribution in [3.8, 4) is 0 Å². The van der Waals surface area contributed by atoms with E-state index >= 15 is 0 Å². The quantitative estimate of drug-likeness (QED) is 0.636. The lowest BCUT2D eigenvalue weighted by atomic mass is 10.1. The van der Waals surface area contributed by atoms with E-state index in [0.717, 1.165) is 0 Å². The molecule has 0 aliphatic rings. The maximum atomic E-state index is 11.4. The van der Waals surface area contributed by atoms with Crippen molar-refractivity contribution in [3.05, 3.63) is 35.4 Å². The second-order valence-electron chi connectivity index (χ2n) is 3.68. The Morgan fingerprint density at radius 3 is 2.30 bits per heavy atom. The third-order valence-corrected chi connectivity index (χ3v) is 2.53. The molecular formula is C13H13ClO6. The van der Waals surface area contributed by atoms with E-state index in [1.807, 2.05) is 0 Å². The zero-order chi connectivity index (χ0) is 15.1. The van der Waals surface area contributed by atoms with Crippen molar-refractivity contribution in [1.82, 2.24) is 0 Å². The van der Waals surface area contributed by atoms with Crippen molar-refractivity contribution in [3.63, 3.8) is 0 Å². The molecule has 6 nitrogen and oxygen atoms in total. The zero-order valence-electron chi connectivity index (χ0n) is 10.7. The Bertz CT molecular complexity index is 496. The fourth-order valence-electron chi connectivity index (χ4n) is 1.43. The van der Waals surface area contributed by atoms with Gasteiger partial charge in [-0.3, -0.25) is 4.79 Å². The molecule has 0 heterocycles. The number of carboxylic acids is 1. The molecule has 1 N–H and O–H groups in total. The average molecular weight is 301 g/mol. The number of carbonyl (C=O) groups is 3. The van der Waals surface area contributed by atoms with Crippen LogP contribution < -0.4 is 0 Å². The molecule has 0 saturated carbocycles. The number of benzene rings is 1. The van der Waals surface area contributed by atoms with E-state index in [9.17, 15) is 14.4 Å². The number of carboxylic acid groups (broad SMARTS) is 1. The first-order valence-electron chi connectivity index (χ1n) is 5.75. The molecule has 0 aliphatic heterocycles. The van der Waals surface area contributed by atoms with Gasteiger partial charge in [-0.25, -0.2) is 9.59 Å². The molecule has 0 bridgehead atoms. The minimum atomic E-state index is -1.46. The van der Waals surface area contributed by atoms with Gasteiger partial charge in [-0.2, -0.15) is 0 Å². The van der Waals surface area contributed by atoms with Crippen molar-refractivity contribution in [1.29, 1.82) is 0 Å². The maximum Gasteiger partial charge on any atom is 0.349 e. The summed E-state index contributed by atoms with van der Waals surface area (Å²) in [5.74, 6) is -3.12. The molecule has 7 heteroatoms. The highest BCUT2D eigenvalue weighted by atomic mass is 35.5. The molecule has 0 saturated heterocycles. The lowest BCUT2D eigenvalue weighted by Crippen LogP contribution is -2.20. The maximum absolute atomic E-state index is 11.4. The number of esters is 2. The summed E-state index contributed by atoms with van der Waals surface area (Å²) in [6.45, 7) is 1.92. The third kappa shape index (κ3) is 4.24. The molecule has 1 aromatic rings. The van der Waals surface area contributed by atoms with Gasteiger partial charge in [-0.15, -0.1) is 11.6 Å². The van der Waals surface area contributed by atoms with Crippen LogP contribution in [0.15, 0.2) is 24.3 Å². The number of rotatable bonds is 6. The van der Waals surface area contributed by atoms with Gasteiger partial charge in [-0.1, -0.05) is 12.1 Å². The molecule has 20 heavy (non-hydrogen) atoms. The van der Waals surface area contributed by atoms with Gasteiger partial charge in [0.2, 0.25) is 6.10 Å². The Labute approximate surface area is 120 Å². The van der Waals surface area contributed by atoms with Gasteiger partial charge < -0.3 is 14.6 Å². The van der Waals surface area contributed by atoms with E-state index in [1.54, 1.807) is 6.92 Å². The van der Waals surface area contributed by atoms with Crippen LogP contribution in [0, 0.1) is 0 Å². The molecule has 1 aromatic carbocycles. The number of hydrogen-bond acceptors (Lipinski definition) is 5. The van der Waals surface area contributed by atoms with E-state index in [2.05, 4.69) is 0 Å². The molecule has 0 fully saturated rings. The summed E-state index contributed by atoms with van der Waals surface area (Å²) in [6, 6.07) is 5.56. The van der Waals surface area contributed by atoms with Crippen LogP contribution in [0.25, 0.3) is 0 Å². The smallest absolute Gasteiger partial charge is 0.349 e. The van der Waals surface area contributed by atoms with Crippen LogP contribution in [0.4, 0.5) is 0 Å². The fourth-order valence-corrected chi connectivity index (χ4v) is 1.50. The molecule has 1 rings (SSSR count). The topological polar surface area (TPSA) is 89.9 Å². The summed E-state index contributed by atoms with van der Waals surface area (Å²) >= 11 is 5.26. The van der Waals surface area contributed by atoms with Gasteiger partial charge in [0.25, 0.3) is 0 Å². The Morgan fingerprint density at radius 1 is 1.25 bits per heavy atom. The van der Waals surface area contributed by atoms with Crippen LogP contribution >= 0.6 is 11.6 Å². The van der Waals surface area contributed by atoms with Crippen LogP contribution in [0.2, 0.25) is 0 Å². The van der Waals surface area contributed by atoms with Crippen LogP contribution in [-0.4, -0.2) is 35.5 Å². The minimum Gasteiger partial charge on any atom is -0.478 e. The monoisotopic (exact) mass is 300 g/mol. The predicted octanol–water partition coefficient (Wildman–Crippen LogP) is 1.77. The van der Waals surface area contributed by atoms with E-state index in [4.69, 9.17) is 26.2 Å². The molecule has 0 amide bonds. The highest BCUT2D eigenvalue weighted by Crippen LogP contribution is 2.19. The summed E-state index contributed by atoms with van der Waals surface area (Å²) in [7, 11) is 0. The Balaban J connectivity index is 2.91. The fraction of sp³-hybridized carbons (Fsp3) is 0.308. The summed E-state index contributed by atoms with van der Waals surface area (Å²) in [6.07, 6.45) is -1.46. The number of carbonyl (C=O) groups excluding carboxylic acids is 2. The van der Waals surface area contributed by atoms with Gasteiger partial charge in [0, 0.05) is 5.56 Å². The van der Waals surface area contributed by atoms with Crippen molar-refractivity contribution in [2.75, 3.05) is 12.5 Å². The van der Waals surface area contributed by atoms with Crippen molar-refractivity contribution >= 4 is 29.5 Å². The van der Waals surface area contributed by atoms with Crippen molar-refractivity contribution in [2.45, 2.75) is 13.0 Å². The number of ether oxygens (including phenoxy) is 2. The van der Waals surface area contributed by atoms with Gasteiger partial charge in [0.1, 0.15) is 5.88 Å². The Morgan fingerprint density at radius 2 is 1.85 bits per heavy atom. The first-order chi connectivity index (χ1) is 9.49. The van der Waals surface area contributed by atoms with Gasteiger partial charge >= 0.3 is 17.9 Å². The van der Waals surface area contributed by atoms with Crippen LogP contribution in [0.3, 0.4) is 0 Å². The number of hydrogen-bond donors (Lipinski definition) is 1. The number of halogens is 1. The molecule has 0 radical (unpaired) electrons.